The van der Waals surface area contributed by atoms with Gasteiger partial charge in [0.2, 0.25) is 57.6 Å². The molecule has 4 rings (SSSR count). The van der Waals surface area contributed by atoms with E-state index in [9.17, 15) is 57.5 Å². The molecule has 2 aromatic carbocycles. The third-order valence-electron chi connectivity index (χ3n) is 21.5. The van der Waals surface area contributed by atoms with E-state index in [2.05, 4.69) is 71.4 Å². The van der Waals surface area contributed by atoms with Crippen LogP contribution in [0.5, 0.6) is 0 Å². The third kappa shape index (κ3) is 32.2. The summed E-state index contributed by atoms with van der Waals surface area (Å²) in [5, 5.41) is 18.0. The van der Waals surface area contributed by atoms with Gasteiger partial charge in [-0.3, -0.25) is 48.1 Å². The third-order valence-corrected chi connectivity index (χ3v) is 22.9. The smallest absolute Gasteiger partial charge is 0.407 e. The Morgan fingerprint density at radius 3 is 2.02 bits per heavy atom. The normalized spacial score (nSPS) is 18.1. The van der Waals surface area contributed by atoms with Gasteiger partial charge in [-0.25, -0.2) is 19.8 Å². The van der Waals surface area contributed by atoms with Crippen molar-refractivity contribution in [1.29, 1.82) is 0 Å². The van der Waals surface area contributed by atoms with Gasteiger partial charge < -0.3 is 64.8 Å². The van der Waals surface area contributed by atoms with Crippen molar-refractivity contribution in [3.8, 4) is 0 Å². The van der Waals surface area contributed by atoms with Crippen molar-refractivity contribution in [3.05, 3.63) is 106 Å². The minimum absolute atomic E-state index is 0.0404. The summed E-state index contributed by atoms with van der Waals surface area (Å²) in [6.07, 6.45) is 6.79. The molecule has 0 bridgehead atoms. The summed E-state index contributed by atoms with van der Waals surface area (Å²) >= 11 is 0.774. The number of hydrazone groups is 1. The number of amides is 10. The Balaban J connectivity index is 1.16. The predicted octanol–water partition coefficient (Wildman–Crippen LogP) is 8.59. The first-order chi connectivity index (χ1) is 54.0. The fourth-order valence-corrected chi connectivity index (χ4v) is 14.3. The number of hydrogen-bond donors (Lipinski definition) is 6. The van der Waals surface area contributed by atoms with Gasteiger partial charge in [-0.2, -0.15) is 5.10 Å². The van der Waals surface area contributed by atoms with Crippen molar-refractivity contribution in [1.82, 2.24) is 46.7 Å². The number of likely N-dealkylation sites (tertiary alicyclic amines) is 1. The van der Waals surface area contributed by atoms with Crippen LogP contribution < -0.4 is 32.0 Å². The van der Waals surface area contributed by atoms with Gasteiger partial charge in [-0.15, -0.1) is 0 Å². The number of alkyl carbamates (subject to hydrolysis) is 1. The molecule has 0 spiro atoms. The molecule has 2 heterocycles. The number of esters is 2. The number of benzene rings is 2. The Morgan fingerprint density at radius 1 is 0.754 bits per heavy atom. The van der Waals surface area contributed by atoms with E-state index in [1.54, 1.807) is 88.4 Å². The van der Waals surface area contributed by atoms with Gasteiger partial charge >= 0.3 is 18.0 Å². The first kappa shape index (κ1) is 97.7. The van der Waals surface area contributed by atoms with Gasteiger partial charge in [0.15, 0.2) is 6.10 Å². The Bertz CT molecular complexity index is 3640. The molecule has 12 atom stereocenters. The second kappa shape index (κ2) is 50.0. The zero-order valence-corrected chi connectivity index (χ0v) is 73.0. The van der Waals surface area contributed by atoms with Crippen molar-refractivity contribution in [2.45, 2.75) is 241 Å². The number of unbranched alkanes of at least 4 members (excludes halogenated alkanes) is 4. The first-order valence-electron chi connectivity index (χ1n) is 40.5. The molecule has 2 fully saturated rings. The molecule has 0 aliphatic carbocycles. The molecule has 0 radical (unpaired) electrons. The molecule has 114 heavy (non-hydrogen) atoms. The molecule has 2 aliphatic heterocycles. The summed E-state index contributed by atoms with van der Waals surface area (Å²) < 4.78 is 34.6. The number of imide groups is 1. The maximum atomic E-state index is 14.4. The van der Waals surface area contributed by atoms with Crippen molar-refractivity contribution >= 4 is 93.2 Å². The van der Waals surface area contributed by atoms with Crippen LogP contribution in [0.3, 0.4) is 0 Å². The number of cyclic esters (lactones) is 1. The van der Waals surface area contributed by atoms with Crippen molar-refractivity contribution in [3.63, 3.8) is 0 Å². The molecule has 0 aromatic heterocycles. The average Bonchev–Trinajstić information content (AvgIpc) is 1.62. The highest BCUT2D eigenvalue weighted by molar-refractivity contribution is 6.21. The Kier molecular flexibility index (Phi) is 42.9. The van der Waals surface area contributed by atoms with Gasteiger partial charge in [0.25, 0.3) is 11.8 Å². The monoisotopic (exact) mass is 1610 g/mol. The first-order valence-corrected chi connectivity index (χ1v) is 41.5. The summed E-state index contributed by atoms with van der Waals surface area (Å²) in [7, 11) is 2.81. The van der Waals surface area contributed by atoms with Crippen LogP contribution in [0.15, 0.2) is 94.6 Å². The van der Waals surface area contributed by atoms with E-state index in [0.29, 0.717) is 93.8 Å². The van der Waals surface area contributed by atoms with Crippen LogP contribution in [0, 0.1) is 29.6 Å². The second-order valence-electron chi connectivity index (χ2n) is 31.5. The Morgan fingerprint density at radius 2 is 1.39 bits per heavy atom. The lowest BCUT2D eigenvalue weighted by Crippen LogP contribution is -2.57. The predicted molar refractivity (Wildman–Crippen MR) is 439 cm³/mol. The number of nitrogens with one attached hydrogen (secondary N) is 6. The average molecular weight is 1610 g/mol. The van der Waals surface area contributed by atoms with Crippen molar-refractivity contribution in [2.75, 3.05) is 79.9 Å². The summed E-state index contributed by atoms with van der Waals surface area (Å²) in [6.45, 7) is 33.3. The standard InChI is InChI=1S/C85H129N10O18.Al.2H/c1-19-22-25-31-57(10)58(11)59(12)68-49-74(98)95(81(68)103)40-29-24-28-34-72(96)92-91-61(14)66-35-37-67(38-36-66)77(99)86-39-30-41-108-42-43-109-44-45-110-52-65-48-70(112-85(107)87-50-65)60(13)76(56(9)21-3)113-84(106)63(16)89-79(101)75(55(8)20-2)90-73(97)51-93(17)82(104)69(47-64-32-26-23-27-33-64)94(18)80(102)62(15)88-78(100)71(46-53(4)5)111-83(105)54(6)7;;;/h21,23,26-27,32-33,35-38,53,55,60,62-63,65,68-71,75-76H,6,19-20,22,24-25,28-31,34,39-52H2,1-5,7-18H3,(H,86,99)(H,87,107)(H,88,100)(H,89,101)(H,90,97)(H,92,96);;;/b56-21+,58-57-,91-61+;;;/t55-,60+,62+,63-,65?,68?,69-,70+,71-,75+,76-;;;/m1.../s1. The molecule has 28 nitrogen and oxygen atoms in total. The molecule has 632 valence electrons. The highest BCUT2D eigenvalue weighted by Crippen LogP contribution is 2.47. The molecule has 10 amide bonds. The lowest BCUT2D eigenvalue weighted by Gasteiger charge is -2.33. The Labute approximate surface area is 683 Å². The zero-order chi connectivity index (χ0) is 84.9. The van der Waals surface area contributed by atoms with E-state index < -0.39 is 108 Å². The maximum absolute atomic E-state index is 14.4. The minimum atomic E-state index is -1.22. The van der Waals surface area contributed by atoms with E-state index in [-0.39, 0.29) is 103 Å². The quantitative estimate of drug-likeness (QED) is 0.00415. The van der Waals surface area contributed by atoms with Crippen LogP contribution >= 0.6 is 0 Å². The number of allylic oxidation sites excluding steroid dienone is 3. The highest BCUT2D eigenvalue weighted by Gasteiger charge is 2.47. The van der Waals surface area contributed by atoms with E-state index in [1.807, 2.05) is 27.7 Å². The number of nitrogens with zero attached hydrogens (tertiary/aromatic N) is 4. The van der Waals surface area contributed by atoms with Crippen LogP contribution in [-0.4, -0.2) is 230 Å². The number of carbonyl (C=O) groups is 12. The van der Waals surface area contributed by atoms with Gasteiger partial charge in [-0.1, -0.05) is 145 Å². The fourth-order valence-electron chi connectivity index (χ4n) is 13.4. The fraction of sp³-hybridized carbons (Fsp3) is 0.635. The lowest BCUT2D eigenvalue weighted by molar-refractivity contribution is -0.155. The van der Waals surface area contributed by atoms with Gasteiger partial charge in [-0.05, 0) is 141 Å². The lowest BCUT2D eigenvalue weighted by atomic mass is 9.82. The topological polar surface area (TPSA) is 354 Å². The molecule has 6 N–H and O–H groups in total. The van der Waals surface area contributed by atoms with E-state index in [1.165, 1.54) is 62.2 Å². The van der Waals surface area contributed by atoms with E-state index in [4.69, 9.17) is 28.4 Å². The van der Waals surface area contributed by atoms with Crippen molar-refractivity contribution < 1.29 is 86.0 Å². The SMILES string of the molecule is C=C(C)C(=O)O[C@H](CC(C)C)C(=O)N[C@@H](C)C(=O)N(C)[C@H](Cc1ccccc1)C(=O)N(C)CC(=O)N[C@H](C(=O)N[C@H](C)C(=O)O[C@H](/C(C)=C/C)[C@@H](C)[C@@H]1CC(COCCOCCOCCCNC(=O)c2ccc(/C(C)=N/NC(=O)CCCCCN3C(=O)CC([C](C)([AlH2])/C(C)=C(/C)CCCCC)C3=O)cc2)CNC(=O)O1)[C@H](C)CC. The van der Waals surface area contributed by atoms with Crippen LogP contribution in [0.1, 0.15) is 209 Å². The molecule has 3 unspecified atom stereocenters. The van der Waals surface area contributed by atoms with Gasteiger partial charge in [0.05, 0.1) is 45.3 Å². The molecule has 2 aromatic rings. The molecule has 2 saturated heterocycles. The summed E-state index contributed by atoms with van der Waals surface area (Å²) in [6, 6.07) is 11.1. The number of rotatable bonds is 50. The largest absolute Gasteiger partial charge is 0.456 e. The number of ether oxygens (including phenoxy) is 6. The molecule has 2 aliphatic rings. The number of likely N-dealkylation sites (N-methyl/N-ethyl adjacent to an activating group) is 2. The number of hydrogen-bond acceptors (Lipinski definition) is 19. The highest BCUT2D eigenvalue weighted by atomic mass is 27.0. The van der Waals surface area contributed by atoms with E-state index >= 15 is 0 Å². The molecular weight excluding hydrogens is 1480 g/mol. The Hall–Kier alpha value is -8.62. The van der Waals surface area contributed by atoms with E-state index in [0.717, 1.165) is 46.0 Å². The molecule has 29 heteroatoms. The minimum Gasteiger partial charge on any atom is -0.456 e. The van der Waals surface area contributed by atoms with Gasteiger partial charge in [0.1, 0.15) is 36.4 Å². The molecule has 0 saturated carbocycles. The van der Waals surface area contributed by atoms with Crippen LogP contribution in [0.25, 0.3) is 0 Å². The zero-order valence-electron chi connectivity index (χ0n) is 71.0. The van der Waals surface area contributed by atoms with Crippen LogP contribution in [0.4, 0.5) is 4.79 Å². The van der Waals surface area contributed by atoms with Crippen LogP contribution in [0.2, 0.25) is 4.28 Å². The van der Waals surface area contributed by atoms with Crippen LogP contribution in [-0.2, 0) is 82.8 Å². The number of carbonyl (C=O) groups excluding carboxylic acids is 12. The van der Waals surface area contributed by atoms with Crippen molar-refractivity contribution in [2.24, 2.45) is 34.7 Å². The summed E-state index contributed by atoms with van der Waals surface area (Å²) in [5.74, 6) is -7.09. The second-order valence-corrected chi connectivity index (χ2v) is 33.6. The maximum Gasteiger partial charge on any atom is 0.407 e. The summed E-state index contributed by atoms with van der Waals surface area (Å²) in [4.78, 5) is 165. The molecular formula is C85H131AlN10O18. The summed E-state index contributed by atoms with van der Waals surface area (Å²) in [5.41, 5.74) is 8.45. The van der Waals surface area contributed by atoms with Gasteiger partial charge in [0, 0.05) is 88.5 Å².